The fraction of sp³-hybridized carbons (Fsp3) is 0.439. The second-order valence-corrected chi connectivity index (χ2v) is 12.2. The molecule has 7 rings (SSSR count). The third-order valence-electron chi connectivity index (χ3n) is 8.22. The van der Waals surface area contributed by atoms with Gasteiger partial charge in [-0.05, 0) is 100 Å². The SMILES string of the molecule is CC1CC(O)CN1.CC1CCCN1.CCc1c[nH]c2ccccc12.CCc1ccc(O)cc1.CCc1ccccc1.CCc1cnc[nH]1.[HH]. The minimum atomic E-state index is -0.0880. The summed E-state index contributed by atoms with van der Waals surface area (Å²) < 4.78 is 0. The molecule has 0 bridgehead atoms. The molecule has 2 aromatic heterocycles. The molecule has 2 aliphatic rings. The normalized spacial score (nSPS) is 17.5. The number of rotatable bonds is 4. The van der Waals surface area contributed by atoms with Gasteiger partial charge >= 0.3 is 0 Å². The number of fused-ring (bicyclic) bond motifs is 1. The molecule has 7 nitrogen and oxygen atoms in total. The third-order valence-corrected chi connectivity index (χ3v) is 8.22. The van der Waals surface area contributed by atoms with Gasteiger partial charge in [-0.3, -0.25) is 0 Å². The van der Waals surface area contributed by atoms with Crippen LogP contribution < -0.4 is 10.6 Å². The topological polar surface area (TPSA) is 109 Å². The molecule has 0 spiro atoms. The van der Waals surface area contributed by atoms with Gasteiger partial charge in [0.25, 0.3) is 0 Å². The molecule has 0 saturated carbocycles. The summed E-state index contributed by atoms with van der Waals surface area (Å²) >= 11 is 0. The van der Waals surface area contributed by atoms with Crippen molar-refractivity contribution in [3.05, 3.63) is 120 Å². The number of aromatic amines is 2. The highest BCUT2D eigenvalue weighted by Gasteiger charge is 2.16. The largest absolute Gasteiger partial charge is 0.508 e. The highest BCUT2D eigenvalue weighted by Crippen LogP contribution is 2.17. The Hall–Kier alpha value is -3.91. The molecule has 264 valence electrons. The molecule has 6 N–H and O–H groups in total. The first-order chi connectivity index (χ1) is 23.3. The van der Waals surface area contributed by atoms with Crippen LogP contribution in [0.25, 0.3) is 10.9 Å². The highest BCUT2D eigenvalue weighted by atomic mass is 16.3. The quantitative estimate of drug-likeness (QED) is 0.116. The van der Waals surface area contributed by atoms with E-state index in [1.807, 2.05) is 24.4 Å². The van der Waals surface area contributed by atoms with Crippen molar-refractivity contribution in [3.8, 4) is 5.75 Å². The maximum atomic E-state index is 8.85. The van der Waals surface area contributed by atoms with Crippen LogP contribution in [-0.4, -0.2) is 56.4 Å². The lowest BCUT2D eigenvalue weighted by molar-refractivity contribution is 0.194. The van der Waals surface area contributed by atoms with Crippen LogP contribution >= 0.6 is 0 Å². The van der Waals surface area contributed by atoms with Crippen LogP contribution in [0.5, 0.6) is 5.75 Å². The second-order valence-electron chi connectivity index (χ2n) is 12.2. The van der Waals surface area contributed by atoms with Crippen molar-refractivity contribution in [2.75, 3.05) is 13.1 Å². The zero-order chi connectivity index (χ0) is 35.0. The number of β-amino-alcohol motifs (C(OH)–C–C–N with tert-alkyl or cyclic N) is 1. The van der Waals surface area contributed by atoms with Gasteiger partial charge in [-0.1, -0.05) is 88.4 Å². The molecular formula is C41H63N5O2. The molecule has 0 radical (unpaired) electrons. The molecular weight excluding hydrogens is 594 g/mol. The van der Waals surface area contributed by atoms with E-state index in [-0.39, 0.29) is 7.53 Å². The van der Waals surface area contributed by atoms with E-state index < -0.39 is 0 Å². The molecule has 2 saturated heterocycles. The molecule has 3 aromatic carbocycles. The molecule has 2 aliphatic heterocycles. The summed E-state index contributed by atoms with van der Waals surface area (Å²) in [5.74, 6) is 0.340. The summed E-state index contributed by atoms with van der Waals surface area (Å²) in [6, 6.07) is 27.4. The van der Waals surface area contributed by atoms with Gasteiger partial charge in [0.05, 0.1) is 12.4 Å². The summed E-state index contributed by atoms with van der Waals surface area (Å²) in [6.07, 6.45) is 13.5. The van der Waals surface area contributed by atoms with Crippen LogP contribution in [0.1, 0.15) is 84.6 Å². The van der Waals surface area contributed by atoms with Gasteiger partial charge in [-0.2, -0.15) is 0 Å². The number of aromatic nitrogens is 3. The molecule has 2 fully saturated rings. The molecule has 0 aliphatic carbocycles. The van der Waals surface area contributed by atoms with Crippen LogP contribution in [0, 0.1) is 0 Å². The average molecular weight is 658 g/mol. The number of hydrogen-bond donors (Lipinski definition) is 6. The van der Waals surface area contributed by atoms with E-state index in [1.165, 1.54) is 52.7 Å². The number of hydrogen-bond acceptors (Lipinski definition) is 5. The standard InChI is InChI=1S/C10H11N.C8H10O.C8H10.C5H8N2.C5H11NO.C5H11N.H2/c1-2-8-7-11-10-6-4-3-5-9(8)10;1-2-7-3-5-8(9)6-4-7;1-2-8-6-4-3-5-7-8;1-2-5-3-6-4-7-5;1-4-2-5(7)3-6-4;1-5-3-2-4-6-5;/h3-7,11H,2H2,1H3;3-6,9H,2H2,1H3;3-7H,2H2,1H3;3-4H,2H2,1H3,(H,6,7);4-7H,2-3H2,1H3;5-6H,2-4H2,1H3;1H. The molecule has 48 heavy (non-hydrogen) atoms. The second kappa shape index (κ2) is 24.3. The molecule has 5 aromatic rings. The predicted molar refractivity (Wildman–Crippen MR) is 206 cm³/mol. The smallest absolute Gasteiger partial charge is 0.115 e. The van der Waals surface area contributed by atoms with E-state index in [0.717, 1.165) is 44.7 Å². The number of phenols is 1. The van der Waals surface area contributed by atoms with Crippen LogP contribution in [0.4, 0.5) is 0 Å². The Labute approximate surface area is 291 Å². The lowest BCUT2D eigenvalue weighted by Crippen LogP contribution is -2.17. The van der Waals surface area contributed by atoms with Crippen LogP contribution in [0.2, 0.25) is 0 Å². The minimum absolute atomic E-state index is 0. The van der Waals surface area contributed by atoms with Crippen molar-refractivity contribution in [3.63, 3.8) is 0 Å². The summed E-state index contributed by atoms with van der Waals surface area (Å²) in [5, 5.41) is 25.5. The van der Waals surface area contributed by atoms with E-state index in [9.17, 15) is 0 Å². The van der Waals surface area contributed by atoms with E-state index in [0.29, 0.717) is 11.8 Å². The maximum Gasteiger partial charge on any atom is 0.115 e. The monoisotopic (exact) mass is 657 g/mol. The van der Waals surface area contributed by atoms with Gasteiger partial charge in [-0.15, -0.1) is 0 Å². The van der Waals surface area contributed by atoms with Gasteiger partial charge in [0, 0.05) is 49.0 Å². The number of imidazole rings is 1. The third kappa shape index (κ3) is 16.8. The van der Waals surface area contributed by atoms with Crippen LogP contribution in [-0.2, 0) is 25.7 Å². The fourth-order valence-electron chi connectivity index (χ4n) is 5.12. The van der Waals surface area contributed by atoms with Crippen molar-refractivity contribution in [1.29, 1.82) is 0 Å². The van der Waals surface area contributed by atoms with E-state index in [2.05, 4.69) is 122 Å². The molecule has 4 heterocycles. The Kier molecular flexibility index (Phi) is 20.4. The number of nitrogens with zero attached hydrogens (tertiary/aromatic N) is 1. The molecule has 7 heteroatoms. The van der Waals surface area contributed by atoms with Crippen molar-refractivity contribution in [1.82, 2.24) is 25.6 Å². The number of nitrogens with one attached hydrogen (secondary N) is 4. The number of phenolic OH excluding ortho intramolecular Hbond substituents is 1. The summed E-state index contributed by atoms with van der Waals surface area (Å²) in [4.78, 5) is 10.1. The number of aliphatic hydroxyl groups is 1. The van der Waals surface area contributed by atoms with Gasteiger partial charge in [0.15, 0.2) is 0 Å². The van der Waals surface area contributed by atoms with E-state index in [1.54, 1.807) is 18.5 Å². The molecule has 3 atom stereocenters. The van der Waals surface area contributed by atoms with E-state index in [4.69, 9.17) is 10.2 Å². The van der Waals surface area contributed by atoms with Gasteiger partial charge < -0.3 is 30.8 Å². The highest BCUT2D eigenvalue weighted by molar-refractivity contribution is 5.82. The Morgan fingerprint density at radius 2 is 1.42 bits per heavy atom. The lowest BCUT2D eigenvalue weighted by atomic mass is 10.1. The van der Waals surface area contributed by atoms with E-state index >= 15 is 0 Å². The molecule has 3 unspecified atom stereocenters. The lowest BCUT2D eigenvalue weighted by Gasteiger charge is -1.95. The van der Waals surface area contributed by atoms with Crippen molar-refractivity contribution < 1.29 is 11.6 Å². The number of H-pyrrole nitrogens is 2. The number of aromatic hydroxyl groups is 1. The van der Waals surface area contributed by atoms with Gasteiger partial charge in [-0.25, -0.2) is 4.98 Å². The number of aliphatic hydroxyl groups excluding tert-OH is 1. The summed E-state index contributed by atoms with van der Waals surface area (Å²) in [6.45, 7) is 14.8. The Morgan fingerprint density at radius 1 is 0.750 bits per heavy atom. The predicted octanol–water partition coefficient (Wildman–Crippen LogP) is 8.64. The number of aryl methyl sites for hydroxylation is 4. The molecule has 0 amide bonds. The van der Waals surface area contributed by atoms with Crippen molar-refractivity contribution >= 4 is 10.9 Å². The van der Waals surface area contributed by atoms with Gasteiger partial charge in [0.2, 0.25) is 0 Å². The van der Waals surface area contributed by atoms with Crippen molar-refractivity contribution in [2.24, 2.45) is 0 Å². The first-order valence-corrected chi connectivity index (χ1v) is 17.8. The van der Waals surface area contributed by atoms with Crippen LogP contribution in [0.15, 0.2) is 97.6 Å². The Bertz CT molecular complexity index is 1440. The van der Waals surface area contributed by atoms with Crippen molar-refractivity contribution in [2.45, 2.75) is 105 Å². The summed E-state index contributed by atoms with van der Waals surface area (Å²) in [7, 11) is 0. The average Bonchev–Trinajstić information content (AvgIpc) is 3.96. The maximum absolute atomic E-state index is 8.85. The fourth-order valence-corrected chi connectivity index (χ4v) is 5.12. The zero-order valence-corrected chi connectivity index (χ0v) is 30.2. The summed E-state index contributed by atoms with van der Waals surface area (Å²) in [5.41, 5.74) is 6.50. The van der Waals surface area contributed by atoms with Gasteiger partial charge in [0.1, 0.15) is 5.75 Å². The zero-order valence-electron chi connectivity index (χ0n) is 30.2. The minimum Gasteiger partial charge on any atom is -0.508 e. The van der Waals surface area contributed by atoms with Crippen LogP contribution in [0.3, 0.4) is 0 Å². The number of benzene rings is 3. The first kappa shape index (κ1) is 40.3. The Balaban J connectivity index is 0.000000296. The first-order valence-electron chi connectivity index (χ1n) is 17.8. The Morgan fingerprint density at radius 3 is 1.83 bits per heavy atom. The number of para-hydroxylation sites is 1.